The Labute approximate surface area is 139 Å². The van der Waals surface area contributed by atoms with E-state index in [0.717, 1.165) is 19.8 Å². The van der Waals surface area contributed by atoms with E-state index in [9.17, 15) is 9.59 Å². The van der Waals surface area contributed by atoms with Crippen LogP contribution in [-0.4, -0.2) is 33.2 Å². The van der Waals surface area contributed by atoms with E-state index in [1.807, 2.05) is 0 Å². The molecule has 0 aromatic heterocycles. The number of carboxylic acids is 3. The first kappa shape index (κ1) is 26.3. The van der Waals surface area contributed by atoms with Crippen LogP contribution >= 0.6 is 0 Å². The van der Waals surface area contributed by atoms with E-state index in [4.69, 9.17) is 20.1 Å². The minimum Gasteiger partial charge on any atom is -0.481 e. The van der Waals surface area contributed by atoms with Crippen molar-refractivity contribution in [2.75, 3.05) is 0 Å². The Morgan fingerprint density at radius 2 is 1.13 bits per heavy atom. The standard InChI is InChI=1S/C12H24O2.C3H6O2.C2H4O2/c1-12(2,3)10-8-6-4-5-7-9-11(13)14;1-2-3(4)5;1-2(3)4/h4-10H2,1-3H3,(H,13,14);2H2,1H3,(H,4,5);1H3,(H,3,4). The highest BCUT2D eigenvalue weighted by molar-refractivity contribution is 5.66. The SMILES string of the molecule is CC(=O)O.CC(C)(C)CCCCCCCC(=O)O.CCC(=O)O. The first-order chi connectivity index (χ1) is 10.4. The molecular formula is C17H34O6. The van der Waals surface area contributed by atoms with Gasteiger partial charge in [0, 0.05) is 19.8 Å². The summed E-state index contributed by atoms with van der Waals surface area (Å²) in [6.45, 7) is 9.47. The summed E-state index contributed by atoms with van der Waals surface area (Å²) in [4.78, 5) is 28.6. The van der Waals surface area contributed by atoms with Crippen molar-refractivity contribution < 1.29 is 29.7 Å². The van der Waals surface area contributed by atoms with Gasteiger partial charge in [-0.15, -0.1) is 0 Å². The second-order valence-corrected chi connectivity index (χ2v) is 6.49. The zero-order valence-electron chi connectivity index (χ0n) is 15.2. The van der Waals surface area contributed by atoms with Gasteiger partial charge >= 0.3 is 11.9 Å². The fraction of sp³-hybridized carbons (Fsp3) is 0.824. The van der Waals surface area contributed by atoms with E-state index in [1.54, 1.807) is 6.92 Å². The third-order valence-corrected chi connectivity index (χ3v) is 2.62. The zero-order valence-corrected chi connectivity index (χ0v) is 15.2. The number of hydrogen-bond donors (Lipinski definition) is 3. The van der Waals surface area contributed by atoms with Crippen molar-refractivity contribution in [2.45, 2.75) is 86.0 Å². The smallest absolute Gasteiger partial charge is 0.303 e. The monoisotopic (exact) mass is 334 g/mol. The molecule has 0 saturated heterocycles. The van der Waals surface area contributed by atoms with Crippen LogP contribution in [0.25, 0.3) is 0 Å². The molecule has 0 saturated carbocycles. The maximum absolute atomic E-state index is 10.2. The Morgan fingerprint density at radius 3 is 1.43 bits per heavy atom. The van der Waals surface area contributed by atoms with Gasteiger partial charge in [-0.1, -0.05) is 53.4 Å². The average molecular weight is 334 g/mol. The Kier molecular flexibility index (Phi) is 19.2. The van der Waals surface area contributed by atoms with Crippen LogP contribution in [0, 0.1) is 5.41 Å². The molecule has 0 rings (SSSR count). The predicted octanol–water partition coefficient (Wildman–Crippen LogP) is 4.42. The van der Waals surface area contributed by atoms with Crippen LogP contribution in [0.15, 0.2) is 0 Å². The van der Waals surface area contributed by atoms with Gasteiger partial charge in [0.1, 0.15) is 0 Å². The van der Waals surface area contributed by atoms with E-state index in [2.05, 4.69) is 20.8 Å². The minimum atomic E-state index is -0.833. The summed E-state index contributed by atoms with van der Waals surface area (Å²) in [5.41, 5.74) is 0.446. The normalized spacial score (nSPS) is 9.78. The van der Waals surface area contributed by atoms with Crippen LogP contribution in [-0.2, 0) is 14.4 Å². The number of carbonyl (C=O) groups is 3. The lowest BCUT2D eigenvalue weighted by atomic mass is 9.89. The van der Waals surface area contributed by atoms with Gasteiger partial charge in [-0.3, -0.25) is 14.4 Å². The molecule has 6 heteroatoms. The van der Waals surface area contributed by atoms with Crippen molar-refractivity contribution >= 4 is 17.9 Å². The van der Waals surface area contributed by atoms with Crippen molar-refractivity contribution in [3.8, 4) is 0 Å². The third-order valence-electron chi connectivity index (χ3n) is 2.62. The summed E-state index contributed by atoms with van der Waals surface area (Å²) in [5.74, 6) is -2.25. The maximum atomic E-state index is 10.2. The third kappa shape index (κ3) is 53.1. The van der Waals surface area contributed by atoms with Gasteiger partial charge in [0.25, 0.3) is 5.97 Å². The first-order valence-electron chi connectivity index (χ1n) is 8.05. The first-order valence-corrected chi connectivity index (χ1v) is 8.05. The average Bonchev–Trinajstić information content (AvgIpc) is 2.36. The molecule has 0 heterocycles. The molecule has 138 valence electrons. The molecule has 0 aliphatic carbocycles. The second-order valence-electron chi connectivity index (χ2n) is 6.49. The van der Waals surface area contributed by atoms with Crippen molar-refractivity contribution in [2.24, 2.45) is 5.41 Å². The molecule has 0 radical (unpaired) electrons. The van der Waals surface area contributed by atoms with Crippen molar-refractivity contribution in [1.29, 1.82) is 0 Å². The molecule has 0 atom stereocenters. The van der Waals surface area contributed by atoms with Crippen molar-refractivity contribution in [3.63, 3.8) is 0 Å². The molecule has 0 aromatic carbocycles. The van der Waals surface area contributed by atoms with Crippen LogP contribution < -0.4 is 0 Å². The molecule has 23 heavy (non-hydrogen) atoms. The second kappa shape index (κ2) is 16.8. The summed E-state index contributed by atoms with van der Waals surface area (Å²) in [5, 5.41) is 23.6. The lowest BCUT2D eigenvalue weighted by Gasteiger charge is -2.17. The quantitative estimate of drug-likeness (QED) is 0.566. The van der Waals surface area contributed by atoms with E-state index < -0.39 is 17.9 Å². The number of carboxylic acid groups (broad SMARTS) is 3. The molecule has 0 spiro atoms. The Hall–Kier alpha value is -1.59. The summed E-state index contributed by atoms with van der Waals surface area (Å²) in [6, 6.07) is 0. The number of hydrogen-bond acceptors (Lipinski definition) is 3. The fourth-order valence-electron chi connectivity index (χ4n) is 1.46. The van der Waals surface area contributed by atoms with Crippen LogP contribution in [0.5, 0.6) is 0 Å². The molecule has 0 aromatic rings. The summed E-state index contributed by atoms with van der Waals surface area (Å²) in [7, 11) is 0. The predicted molar refractivity (Wildman–Crippen MR) is 90.6 cm³/mol. The maximum Gasteiger partial charge on any atom is 0.303 e. The highest BCUT2D eigenvalue weighted by Crippen LogP contribution is 2.22. The Balaban J connectivity index is -0.000000365. The molecule has 0 fully saturated rings. The van der Waals surface area contributed by atoms with Crippen LogP contribution in [0.1, 0.15) is 86.0 Å². The zero-order chi connectivity index (χ0) is 18.9. The van der Waals surface area contributed by atoms with Crippen LogP contribution in [0.3, 0.4) is 0 Å². The highest BCUT2D eigenvalue weighted by atomic mass is 16.4. The van der Waals surface area contributed by atoms with Gasteiger partial charge in [0.15, 0.2) is 0 Å². The fourth-order valence-corrected chi connectivity index (χ4v) is 1.46. The molecule has 3 N–H and O–H groups in total. The van der Waals surface area contributed by atoms with Gasteiger partial charge < -0.3 is 15.3 Å². The molecule has 0 bridgehead atoms. The number of rotatable bonds is 8. The number of aliphatic carboxylic acids is 3. The molecule has 0 amide bonds. The summed E-state index contributed by atoms with van der Waals surface area (Å²) in [6.07, 6.45) is 7.43. The van der Waals surface area contributed by atoms with Crippen molar-refractivity contribution in [1.82, 2.24) is 0 Å². The molecule has 0 aliphatic rings. The topological polar surface area (TPSA) is 112 Å². The van der Waals surface area contributed by atoms with Gasteiger partial charge in [-0.05, 0) is 18.3 Å². The van der Waals surface area contributed by atoms with Crippen LogP contribution in [0.4, 0.5) is 0 Å². The van der Waals surface area contributed by atoms with E-state index in [-0.39, 0.29) is 6.42 Å². The lowest BCUT2D eigenvalue weighted by molar-refractivity contribution is -0.137. The van der Waals surface area contributed by atoms with Gasteiger partial charge in [-0.2, -0.15) is 0 Å². The largest absolute Gasteiger partial charge is 0.481 e. The van der Waals surface area contributed by atoms with Crippen LogP contribution in [0.2, 0.25) is 0 Å². The molecule has 6 nitrogen and oxygen atoms in total. The number of unbranched alkanes of at least 4 members (excludes halogenated alkanes) is 4. The van der Waals surface area contributed by atoms with E-state index >= 15 is 0 Å². The van der Waals surface area contributed by atoms with Gasteiger partial charge in [0.2, 0.25) is 0 Å². The Morgan fingerprint density at radius 1 is 0.783 bits per heavy atom. The molecular weight excluding hydrogens is 300 g/mol. The molecule has 0 aliphatic heterocycles. The van der Waals surface area contributed by atoms with Gasteiger partial charge in [-0.25, -0.2) is 0 Å². The van der Waals surface area contributed by atoms with E-state index in [1.165, 1.54) is 25.7 Å². The summed E-state index contributed by atoms with van der Waals surface area (Å²) >= 11 is 0. The Bertz CT molecular complexity index is 314. The summed E-state index contributed by atoms with van der Waals surface area (Å²) < 4.78 is 0. The lowest BCUT2D eigenvalue weighted by Crippen LogP contribution is -2.03. The van der Waals surface area contributed by atoms with Crippen molar-refractivity contribution in [3.05, 3.63) is 0 Å². The highest BCUT2D eigenvalue weighted by Gasteiger charge is 2.08. The minimum absolute atomic E-state index is 0.222. The van der Waals surface area contributed by atoms with E-state index in [0.29, 0.717) is 11.8 Å². The van der Waals surface area contributed by atoms with Gasteiger partial charge in [0.05, 0.1) is 0 Å². The molecule has 0 unspecified atom stereocenters.